The number of amides is 2. The summed E-state index contributed by atoms with van der Waals surface area (Å²) >= 11 is 1.79. The van der Waals surface area contributed by atoms with Gasteiger partial charge < -0.3 is 15.0 Å². The number of halogens is 2. The van der Waals surface area contributed by atoms with E-state index in [2.05, 4.69) is 5.32 Å². The summed E-state index contributed by atoms with van der Waals surface area (Å²) in [4.78, 5) is 26.6. The number of alkyl carbamates (subject to hydrolysis) is 1. The first-order chi connectivity index (χ1) is 11.7. The van der Waals surface area contributed by atoms with Crippen LogP contribution in [0.3, 0.4) is 0 Å². The molecule has 3 aliphatic rings. The van der Waals surface area contributed by atoms with Crippen LogP contribution in [0.1, 0.15) is 52.4 Å². The first-order valence-electron chi connectivity index (χ1n) is 8.94. The number of carbonyl (C=O) groups is 2. The van der Waals surface area contributed by atoms with E-state index >= 15 is 0 Å². The van der Waals surface area contributed by atoms with Gasteiger partial charge in [-0.1, -0.05) is 0 Å². The summed E-state index contributed by atoms with van der Waals surface area (Å²) in [7, 11) is 0. The second kappa shape index (κ2) is 6.93. The van der Waals surface area contributed by atoms with Crippen LogP contribution in [0, 0.1) is 5.92 Å². The quantitative estimate of drug-likeness (QED) is 0.820. The molecule has 2 amide bonds. The van der Waals surface area contributed by atoms with E-state index in [1.54, 1.807) is 11.8 Å². The smallest absolute Gasteiger partial charge is 0.407 e. The average Bonchev–Trinajstić information content (AvgIpc) is 2.85. The fourth-order valence-electron chi connectivity index (χ4n) is 3.87. The molecule has 1 saturated carbocycles. The molecule has 2 saturated heterocycles. The van der Waals surface area contributed by atoms with Crippen LogP contribution < -0.4 is 5.32 Å². The lowest BCUT2D eigenvalue weighted by Gasteiger charge is -2.41. The Labute approximate surface area is 151 Å². The highest BCUT2D eigenvalue weighted by Crippen LogP contribution is 2.42. The van der Waals surface area contributed by atoms with Crippen LogP contribution >= 0.6 is 11.8 Å². The van der Waals surface area contributed by atoms with Crippen LogP contribution in [0.4, 0.5) is 13.6 Å². The van der Waals surface area contributed by atoms with Gasteiger partial charge in [-0.25, -0.2) is 13.6 Å². The number of nitrogens with one attached hydrogen (secondary N) is 1. The van der Waals surface area contributed by atoms with E-state index < -0.39 is 18.1 Å². The topological polar surface area (TPSA) is 58.6 Å². The van der Waals surface area contributed by atoms with Crippen LogP contribution in [0.15, 0.2) is 0 Å². The van der Waals surface area contributed by atoms with Gasteiger partial charge in [0.05, 0.1) is 12.0 Å². The van der Waals surface area contributed by atoms with E-state index in [-0.39, 0.29) is 42.2 Å². The molecule has 25 heavy (non-hydrogen) atoms. The predicted molar refractivity (Wildman–Crippen MR) is 91.6 cm³/mol. The molecule has 8 heteroatoms. The highest BCUT2D eigenvalue weighted by molar-refractivity contribution is 8.00. The third-order valence-electron chi connectivity index (χ3n) is 5.39. The summed E-state index contributed by atoms with van der Waals surface area (Å²) in [6.45, 7) is 4.21. The van der Waals surface area contributed by atoms with E-state index in [0.29, 0.717) is 19.3 Å². The van der Waals surface area contributed by atoms with Gasteiger partial charge in [0.25, 0.3) is 0 Å². The Morgan fingerprint density at radius 3 is 2.64 bits per heavy atom. The standard InChI is InChI=1S/C17H26F2N2O3S/c1-16(2)10-25-13-4-3-12(14(22)21(13)16)20-15(23)24-9-11-5-7-17(18,19)8-6-11/h11-13H,3-10H2,1-2H3,(H,20,23). The van der Waals surface area contributed by atoms with Crippen molar-refractivity contribution in [1.29, 1.82) is 0 Å². The van der Waals surface area contributed by atoms with Gasteiger partial charge in [-0.2, -0.15) is 0 Å². The lowest BCUT2D eigenvalue weighted by atomic mass is 9.87. The molecule has 0 radical (unpaired) electrons. The zero-order chi connectivity index (χ0) is 18.2. The fourth-order valence-corrected chi connectivity index (χ4v) is 5.45. The second-order valence-corrected chi connectivity index (χ2v) is 9.12. The maximum Gasteiger partial charge on any atom is 0.407 e. The fraction of sp³-hybridized carbons (Fsp3) is 0.882. The van der Waals surface area contributed by atoms with Crippen molar-refractivity contribution in [2.24, 2.45) is 5.92 Å². The van der Waals surface area contributed by atoms with Crippen LogP contribution in [0.25, 0.3) is 0 Å². The summed E-state index contributed by atoms with van der Waals surface area (Å²) in [6, 6.07) is -0.558. The van der Waals surface area contributed by atoms with Gasteiger partial charge in [0.2, 0.25) is 11.8 Å². The summed E-state index contributed by atoms with van der Waals surface area (Å²) in [5, 5.41) is 2.86. The maximum atomic E-state index is 13.1. The van der Waals surface area contributed by atoms with Crippen molar-refractivity contribution in [3.8, 4) is 0 Å². The van der Waals surface area contributed by atoms with Crippen LogP contribution in [0.2, 0.25) is 0 Å². The Bertz CT molecular complexity index is 534. The molecule has 0 aromatic carbocycles. The number of rotatable bonds is 3. The largest absolute Gasteiger partial charge is 0.449 e. The molecule has 2 atom stereocenters. The monoisotopic (exact) mass is 376 g/mol. The van der Waals surface area contributed by atoms with E-state index in [9.17, 15) is 18.4 Å². The Balaban J connectivity index is 1.46. The van der Waals surface area contributed by atoms with E-state index in [1.165, 1.54) is 0 Å². The van der Waals surface area contributed by atoms with Crippen LogP contribution in [-0.2, 0) is 9.53 Å². The lowest BCUT2D eigenvalue weighted by Crippen LogP contribution is -2.59. The molecule has 2 heterocycles. The lowest BCUT2D eigenvalue weighted by molar-refractivity contribution is -0.141. The highest BCUT2D eigenvalue weighted by atomic mass is 32.2. The molecule has 1 aliphatic carbocycles. The number of alkyl halides is 2. The highest BCUT2D eigenvalue weighted by Gasteiger charge is 2.48. The molecule has 142 valence electrons. The summed E-state index contributed by atoms with van der Waals surface area (Å²) in [6.07, 6.45) is 1.27. The first-order valence-corrected chi connectivity index (χ1v) is 9.99. The van der Waals surface area contributed by atoms with Crippen molar-refractivity contribution in [2.45, 2.75) is 75.2 Å². The summed E-state index contributed by atoms with van der Waals surface area (Å²) in [5.41, 5.74) is -0.204. The molecule has 2 unspecified atom stereocenters. The molecule has 0 aromatic heterocycles. The zero-order valence-corrected chi connectivity index (χ0v) is 15.5. The molecule has 0 aromatic rings. The number of hydrogen-bond acceptors (Lipinski definition) is 4. The molecule has 1 N–H and O–H groups in total. The third kappa shape index (κ3) is 4.20. The van der Waals surface area contributed by atoms with E-state index in [0.717, 1.165) is 12.2 Å². The minimum Gasteiger partial charge on any atom is -0.449 e. The molecular weight excluding hydrogens is 350 g/mol. The number of thioether (sulfide) groups is 1. The zero-order valence-electron chi connectivity index (χ0n) is 14.7. The normalized spacial score (nSPS) is 31.5. The molecule has 3 fully saturated rings. The number of hydrogen-bond donors (Lipinski definition) is 1. The number of ether oxygens (including phenoxy) is 1. The molecule has 5 nitrogen and oxygen atoms in total. The Morgan fingerprint density at radius 2 is 1.96 bits per heavy atom. The minimum atomic E-state index is -2.58. The Morgan fingerprint density at radius 1 is 1.28 bits per heavy atom. The van der Waals surface area contributed by atoms with Gasteiger partial charge in [-0.3, -0.25) is 4.79 Å². The SMILES string of the molecule is CC1(C)CSC2CCC(NC(=O)OCC3CCC(F)(F)CC3)C(=O)N21. The minimum absolute atomic E-state index is 0.0225. The average molecular weight is 376 g/mol. The summed E-state index contributed by atoms with van der Waals surface area (Å²) in [5.74, 6) is -1.76. The van der Waals surface area contributed by atoms with Gasteiger partial charge >= 0.3 is 6.09 Å². The first kappa shape index (κ1) is 18.7. The van der Waals surface area contributed by atoms with Crippen LogP contribution in [0.5, 0.6) is 0 Å². The van der Waals surface area contributed by atoms with E-state index in [1.807, 2.05) is 18.7 Å². The number of carbonyl (C=O) groups excluding carboxylic acids is 2. The number of piperidine rings is 1. The molecule has 0 spiro atoms. The van der Waals surface area contributed by atoms with Crippen molar-refractivity contribution in [2.75, 3.05) is 12.4 Å². The Kier molecular flexibility index (Phi) is 5.19. The Hall–Kier alpha value is -1.05. The van der Waals surface area contributed by atoms with Crippen molar-refractivity contribution in [3.05, 3.63) is 0 Å². The van der Waals surface area contributed by atoms with Crippen molar-refractivity contribution in [1.82, 2.24) is 10.2 Å². The van der Waals surface area contributed by atoms with Gasteiger partial charge in [0.1, 0.15) is 6.04 Å². The van der Waals surface area contributed by atoms with Crippen molar-refractivity contribution in [3.63, 3.8) is 0 Å². The molecule has 2 aliphatic heterocycles. The van der Waals surface area contributed by atoms with Crippen molar-refractivity contribution < 1.29 is 23.1 Å². The van der Waals surface area contributed by atoms with E-state index in [4.69, 9.17) is 4.74 Å². The molecular formula is C17H26F2N2O3S. The van der Waals surface area contributed by atoms with Gasteiger partial charge in [0.15, 0.2) is 0 Å². The number of fused-ring (bicyclic) bond motifs is 1. The number of nitrogens with zero attached hydrogens (tertiary/aromatic N) is 1. The molecule has 0 bridgehead atoms. The van der Waals surface area contributed by atoms with Gasteiger partial charge in [0, 0.05) is 24.1 Å². The predicted octanol–water partition coefficient (Wildman–Crippen LogP) is 3.38. The second-order valence-electron chi connectivity index (χ2n) is 7.96. The third-order valence-corrected chi connectivity index (χ3v) is 7.09. The van der Waals surface area contributed by atoms with Crippen LogP contribution in [-0.4, -0.2) is 52.1 Å². The van der Waals surface area contributed by atoms with Gasteiger partial charge in [-0.15, -0.1) is 11.8 Å². The van der Waals surface area contributed by atoms with Gasteiger partial charge in [-0.05, 0) is 45.4 Å². The van der Waals surface area contributed by atoms with Crippen molar-refractivity contribution >= 4 is 23.8 Å². The maximum absolute atomic E-state index is 13.1. The molecule has 3 rings (SSSR count). The summed E-state index contributed by atoms with van der Waals surface area (Å²) < 4.78 is 31.5.